The monoisotopic (exact) mass is 294 g/mol. The van der Waals surface area contributed by atoms with Gasteiger partial charge in [-0.1, -0.05) is 32.6 Å². The highest BCUT2D eigenvalue weighted by Crippen LogP contribution is 2.25. The molecule has 2 N–H and O–H groups in total. The third kappa shape index (κ3) is 8.11. The van der Waals surface area contributed by atoms with Crippen molar-refractivity contribution in [3.63, 3.8) is 0 Å². The fraction of sp³-hybridized carbons (Fsp3) is 1.00. The molecule has 0 aliphatic carbocycles. The molecule has 0 saturated carbocycles. The molecule has 7 nitrogen and oxygen atoms in total. The van der Waals surface area contributed by atoms with Crippen molar-refractivity contribution in [1.82, 2.24) is 0 Å². The summed E-state index contributed by atoms with van der Waals surface area (Å²) in [4.78, 5) is 9.57. The third-order valence-electron chi connectivity index (χ3n) is 3.63. The van der Waals surface area contributed by atoms with Crippen LogP contribution in [0.4, 0.5) is 0 Å². The second-order valence-corrected chi connectivity index (χ2v) is 5.32. The molecule has 7 heteroatoms. The molecule has 0 aromatic heterocycles. The minimum absolute atomic E-state index is 0.170. The fourth-order valence-electron chi connectivity index (χ4n) is 2.34. The van der Waals surface area contributed by atoms with E-state index in [4.69, 9.17) is 14.9 Å². The molecule has 0 bridgehead atoms. The van der Waals surface area contributed by atoms with Gasteiger partial charge in [0, 0.05) is 0 Å². The molecule has 0 spiro atoms. The summed E-state index contributed by atoms with van der Waals surface area (Å²) in [6.07, 6.45) is 4.95. The van der Waals surface area contributed by atoms with Gasteiger partial charge in [0.25, 0.3) is 0 Å². The highest BCUT2D eigenvalue weighted by Gasteiger charge is 2.21. The van der Waals surface area contributed by atoms with Gasteiger partial charge in [-0.05, 0) is 39.8 Å². The van der Waals surface area contributed by atoms with Gasteiger partial charge in [0.15, 0.2) is 0 Å². The summed E-state index contributed by atoms with van der Waals surface area (Å²) in [6.45, 7) is 2.55. The molecule has 3 atom stereocenters. The third-order valence-corrected chi connectivity index (χ3v) is 3.63. The first kappa shape index (κ1) is 17.8. The molecule has 1 saturated heterocycles. The van der Waals surface area contributed by atoms with E-state index in [9.17, 15) is 5.11 Å². The highest BCUT2D eigenvalue weighted by atomic mass is 17.8. The van der Waals surface area contributed by atoms with Gasteiger partial charge in [0.2, 0.25) is 0 Å². The number of hydrogen-bond donors (Lipinski definition) is 2. The molecule has 1 aliphatic rings. The van der Waals surface area contributed by atoms with Crippen LogP contribution in [0, 0.1) is 11.8 Å². The summed E-state index contributed by atoms with van der Waals surface area (Å²) >= 11 is 0. The van der Waals surface area contributed by atoms with E-state index >= 15 is 0 Å². The van der Waals surface area contributed by atoms with Crippen LogP contribution in [0.2, 0.25) is 0 Å². The Morgan fingerprint density at radius 1 is 1.05 bits per heavy atom. The second-order valence-electron chi connectivity index (χ2n) is 5.32. The van der Waals surface area contributed by atoms with Crippen molar-refractivity contribution in [2.45, 2.75) is 51.6 Å². The van der Waals surface area contributed by atoms with Crippen LogP contribution in [-0.2, 0) is 24.9 Å². The Hall–Kier alpha value is -0.280. The van der Waals surface area contributed by atoms with Gasteiger partial charge in [-0.15, -0.1) is 0 Å². The second kappa shape index (κ2) is 11.4. The van der Waals surface area contributed by atoms with Crippen LogP contribution in [0.3, 0.4) is 0 Å². The Morgan fingerprint density at radius 2 is 1.80 bits per heavy atom. The van der Waals surface area contributed by atoms with Gasteiger partial charge in [0.05, 0.1) is 25.9 Å². The lowest BCUT2D eigenvalue weighted by Gasteiger charge is -2.25. The zero-order valence-corrected chi connectivity index (χ0v) is 12.0. The van der Waals surface area contributed by atoms with Crippen LogP contribution in [0.25, 0.3) is 0 Å². The topological polar surface area (TPSA) is 86.6 Å². The van der Waals surface area contributed by atoms with E-state index in [1.54, 1.807) is 0 Å². The van der Waals surface area contributed by atoms with Gasteiger partial charge in [0.1, 0.15) is 0 Å². The molecule has 1 aliphatic heterocycles. The van der Waals surface area contributed by atoms with Crippen molar-refractivity contribution in [3.05, 3.63) is 0 Å². The SMILES string of the molecule is CC1COOOOOCCCCCCC1CC(O)CO. The number of aliphatic hydroxyl groups excluding tert-OH is 2. The lowest BCUT2D eigenvalue weighted by molar-refractivity contribution is -0.709. The average Bonchev–Trinajstić information content (AvgIpc) is 2.45. The van der Waals surface area contributed by atoms with Gasteiger partial charge in [-0.25, -0.2) is 9.78 Å². The van der Waals surface area contributed by atoms with Crippen molar-refractivity contribution in [2.24, 2.45) is 11.8 Å². The van der Waals surface area contributed by atoms with E-state index in [2.05, 4.69) is 15.1 Å². The van der Waals surface area contributed by atoms with Crippen LogP contribution < -0.4 is 0 Å². The highest BCUT2D eigenvalue weighted by molar-refractivity contribution is 4.70. The van der Waals surface area contributed by atoms with Crippen LogP contribution >= 0.6 is 0 Å². The van der Waals surface area contributed by atoms with E-state index in [1.165, 1.54) is 0 Å². The zero-order valence-electron chi connectivity index (χ0n) is 12.0. The lowest BCUT2D eigenvalue weighted by atomic mass is 9.85. The van der Waals surface area contributed by atoms with Crippen LogP contribution in [-0.4, -0.2) is 36.1 Å². The maximum Gasteiger partial charge on any atom is 0.0883 e. The molecular weight excluding hydrogens is 268 g/mol. The molecule has 0 aromatic rings. The lowest BCUT2D eigenvalue weighted by Crippen LogP contribution is -2.25. The van der Waals surface area contributed by atoms with Crippen LogP contribution in [0.1, 0.15) is 45.4 Å². The van der Waals surface area contributed by atoms with Crippen molar-refractivity contribution < 1.29 is 35.1 Å². The Labute approximate surface area is 119 Å². The van der Waals surface area contributed by atoms with Crippen LogP contribution in [0.5, 0.6) is 0 Å². The van der Waals surface area contributed by atoms with Gasteiger partial charge in [-0.3, -0.25) is 0 Å². The van der Waals surface area contributed by atoms with E-state index in [-0.39, 0.29) is 18.4 Å². The average molecular weight is 294 g/mol. The predicted octanol–water partition coefficient (Wildman–Crippen LogP) is 1.69. The molecule has 1 heterocycles. The minimum atomic E-state index is -0.685. The van der Waals surface area contributed by atoms with Crippen molar-refractivity contribution >= 4 is 0 Å². The van der Waals surface area contributed by atoms with Gasteiger partial charge < -0.3 is 10.2 Å². The maximum atomic E-state index is 9.62. The van der Waals surface area contributed by atoms with E-state index in [1.807, 2.05) is 6.92 Å². The number of aliphatic hydroxyl groups is 2. The smallest absolute Gasteiger partial charge is 0.0883 e. The summed E-state index contributed by atoms with van der Waals surface area (Å²) in [6, 6.07) is 0. The summed E-state index contributed by atoms with van der Waals surface area (Å²) in [5.41, 5.74) is 0. The predicted molar refractivity (Wildman–Crippen MR) is 68.6 cm³/mol. The van der Waals surface area contributed by atoms with Crippen molar-refractivity contribution in [2.75, 3.05) is 19.8 Å². The summed E-state index contributed by atoms with van der Waals surface area (Å²) < 4.78 is 0. The Morgan fingerprint density at radius 3 is 2.60 bits per heavy atom. The quantitative estimate of drug-likeness (QED) is 0.766. The van der Waals surface area contributed by atoms with E-state index < -0.39 is 6.10 Å². The first-order chi connectivity index (χ1) is 9.74. The standard InChI is InChI=1S/C13H26O7/c1-11-10-17-19-20-18-16-7-5-3-2-4-6-12(11)8-13(15)9-14/h11-15H,2-10H2,1H3. The molecule has 20 heavy (non-hydrogen) atoms. The molecule has 3 unspecified atom stereocenters. The molecule has 0 radical (unpaired) electrons. The first-order valence-electron chi connectivity index (χ1n) is 7.27. The molecule has 0 amide bonds. The Bertz CT molecular complexity index is 227. The van der Waals surface area contributed by atoms with Gasteiger partial charge >= 0.3 is 0 Å². The molecule has 1 rings (SSSR count). The fourth-order valence-corrected chi connectivity index (χ4v) is 2.34. The maximum absolute atomic E-state index is 9.62. The summed E-state index contributed by atoms with van der Waals surface area (Å²) in [7, 11) is 0. The number of rotatable bonds is 3. The van der Waals surface area contributed by atoms with Crippen molar-refractivity contribution in [1.29, 1.82) is 0 Å². The molecular formula is C13H26O7. The van der Waals surface area contributed by atoms with Crippen LogP contribution in [0.15, 0.2) is 0 Å². The Kier molecular flexibility index (Phi) is 10.1. The molecule has 0 aromatic carbocycles. The first-order valence-corrected chi connectivity index (χ1v) is 7.27. The summed E-state index contributed by atoms with van der Waals surface area (Å²) in [5, 5.41) is 31.5. The minimum Gasteiger partial charge on any atom is -0.394 e. The normalized spacial score (nSPS) is 29.6. The van der Waals surface area contributed by atoms with E-state index in [0.29, 0.717) is 19.6 Å². The summed E-state index contributed by atoms with van der Waals surface area (Å²) in [5.74, 6) is 0.435. The molecule has 1 fully saturated rings. The largest absolute Gasteiger partial charge is 0.394 e. The van der Waals surface area contributed by atoms with Gasteiger partial charge in [-0.2, -0.15) is 0 Å². The number of hydrogen-bond acceptors (Lipinski definition) is 7. The zero-order chi connectivity index (χ0) is 14.6. The van der Waals surface area contributed by atoms with Crippen molar-refractivity contribution in [3.8, 4) is 0 Å². The molecule has 120 valence electrons. The van der Waals surface area contributed by atoms with E-state index in [0.717, 1.165) is 32.1 Å². The Balaban J connectivity index is 2.41.